The largest absolute Gasteiger partial charge is 0.384 e. The van der Waals surface area contributed by atoms with E-state index in [2.05, 4.69) is 31.1 Å². The first-order chi connectivity index (χ1) is 11.2. The summed E-state index contributed by atoms with van der Waals surface area (Å²) in [5, 5.41) is 2.89. The minimum Gasteiger partial charge on any atom is -0.384 e. The number of hydrogen-bond donors (Lipinski definition) is 3. The quantitative estimate of drug-likeness (QED) is 0.803. The van der Waals surface area contributed by atoms with Crippen molar-refractivity contribution in [3.63, 3.8) is 0 Å². The summed E-state index contributed by atoms with van der Waals surface area (Å²) < 4.78 is 0. The zero-order chi connectivity index (χ0) is 17.9. The Bertz CT molecular complexity index is 734. The lowest BCUT2D eigenvalue weighted by molar-refractivity contribution is -0.118. The third-order valence-electron chi connectivity index (χ3n) is 3.76. The summed E-state index contributed by atoms with van der Waals surface area (Å²) in [5.74, 6) is 0.322. The van der Waals surface area contributed by atoms with Crippen molar-refractivity contribution in [1.82, 2.24) is 4.98 Å². The molecule has 0 radical (unpaired) electrons. The minimum atomic E-state index is -0.523. The van der Waals surface area contributed by atoms with E-state index >= 15 is 0 Å². The monoisotopic (exact) mass is 326 g/mol. The standard InChI is InChI=1S/C19H26N4O/c1-12-9-14(23-18(24)16(20)11-19(2,3)4)5-6-15(12)13-7-8-22-17(21)10-13/h5-10,16H,11,20H2,1-4H3,(H2,21,22)(H,23,24)/t16-/m1/s1. The Hall–Kier alpha value is -2.40. The van der Waals surface area contributed by atoms with Gasteiger partial charge in [0.05, 0.1) is 6.04 Å². The van der Waals surface area contributed by atoms with Crippen LogP contribution in [0.5, 0.6) is 0 Å². The van der Waals surface area contributed by atoms with E-state index in [4.69, 9.17) is 11.5 Å². The number of aryl methyl sites for hydroxylation is 1. The highest BCUT2D eigenvalue weighted by atomic mass is 16.2. The van der Waals surface area contributed by atoms with Crippen LogP contribution in [0.25, 0.3) is 11.1 Å². The van der Waals surface area contributed by atoms with Crippen molar-refractivity contribution in [2.45, 2.75) is 40.2 Å². The third-order valence-corrected chi connectivity index (χ3v) is 3.76. The Kier molecular flexibility index (Phi) is 5.24. The van der Waals surface area contributed by atoms with E-state index in [0.717, 1.165) is 22.4 Å². The van der Waals surface area contributed by atoms with Gasteiger partial charge in [-0.2, -0.15) is 0 Å². The molecule has 0 saturated heterocycles. The van der Waals surface area contributed by atoms with Crippen LogP contribution < -0.4 is 16.8 Å². The van der Waals surface area contributed by atoms with Crippen LogP contribution in [0.3, 0.4) is 0 Å². The van der Waals surface area contributed by atoms with Gasteiger partial charge in [-0.3, -0.25) is 4.79 Å². The molecule has 5 heteroatoms. The average molecular weight is 326 g/mol. The van der Waals surface area contributed by atoms with Crippen LogP contribution in [-0.4, -0.2) is 16.9 Å². The first-order valence-corrected chi connectivity index (χ1v) is 8.05. The molecule has 1 amide bonds. The average Bonchev–Trinajstić information content (AvgIpc) is 2.45. The Morgan fingerprint density at radius 3 is 2.54 bits per heavy atom. The predicted molar refractivity (Wildman–Crippen MR) is 99.5 cm³/mol. The SMILES string of the molecule is Cc1cc(NC(=O)[C@H](N)CC(C)(C)C)ccc1-c1ccnc(N)c1. The molecule has 0 bridgehead atoms. The van der Waals surface area contributed by atoms with Crippen molar-refractivity contribution in [3.8, 4) is 11.1 Å². The molecular weight excluding hydrogens is 300 g/mol. The number of benzene rings is 1. The second-order valence-electron chi connectivity index (χ2n) is 7.36. The highest BCUT2D eigenvalue weighted by Gasteiger charge is 2.21. The first kappa shape index (κ1) is 17.9. The third kappa shape index (κ3) is 4.80. The molecule has 1 heterocycles. The fraction of sp³-hybridized carbons (Fsp3) is 0.368. The second-order valence-corrected chi connectivity index (χ2v) is 7.36. The van der Waals surface area contributed by atoms with E-state index in [1.54, 1.807) is 6.20 Å². The summed E-state index contributed by atoms with van der Waals surface area (Å²) in [6.07, 6.45) is 2.32. The Morgan fingerprint density at radius 1 is 1.25 bits per heavy atom. The molecule has 24 heavy (non-hydrogen) atoms. The smallest absolute Gasteiger partial charge is 0.241 e. The van der Waals surface area contributed by atoms with E-state index < -0.39 is 6.04 Å². The summed E-state index contributed by atoms with van der Waals surface area (Å²) in [4.78, 5) is 16.2. The first-order valence-electron chi connectivity index (χ1n) is 8.05. The zero-order valence-electron chi connectivity index (χ0n) is 14.8. The zero-order valence-corrected chi connectivity index (χ0v) is 14.8. The van der Waals surface area contributed by atoms with Crippen molar-refractivity contribution in [3.05, 3.63) is 42.1 Å². The van der Waals surface area contributed by atoms with Crippen molar-refractivity contribution in [2.24, 2.45) is 11.1 Å². The second kappa shape index (κ2) is 7.01. The van der Waals surface area contributed by atoms with E-state index in [1.165, 1.54) is 0 Å². The molecule has 128 valence electrons. The maximum absolute atomic E-state index is 12.2. The van der Waals surface area contributed by atoms with Crippen LogP contribution in [0.15, 0.2) is 36.5 Å². The van der Waals surface area contributed by atoms with Gasteiger partial charge in [0.2, 0.25) is 5.91 Å². The van der Waals surface area contributed by atoms with Gasteiger partial charge in [-0.1, -0.05) is 26.8 Å². The molecular formula is C19H26N4O. The van der Waals surface area contributed by atoms with Gasteiger partial charge < -0.3 is 16.8 Å². The van der Waals surface area contributed by atoms with Crippen LogP contribution in [0.4, 0.5) is 11.5 Å². The van der Waals surface area contributed by atoms with Gasteiger partial charge in [0.1, 0.15) is 5.82 Å². The molecule has 1 aromatic heterocycles. The normalized spacial score (nSPS) is 12.7. The van der Waals surface area contributed by atoms with E-state index in [0.29, 0.717) is 12.2 Å². The molecule has 0 aliphatic heterocycles. The number of carbonyl (C=O) groups excluding carboxylic acids is 1. The molecule has 5 N–H and O–H groups in total. The number of nitrogen functional groups attached to an aromatic ring is 1. The summed E-state index contributed by atoms with van der Waals surface area (Å²) in [6.45, 7) is 8.20. The topological polar surface area (TPSA) is 94.0 Å². The van der Waals surface area contributed by atoms with E-state index in [1.807, 2.05) is 37.3 Å². The Balaban J connectivity index is 2.14. The number of amides is 1. The van der Waals surface area contributed by atoms with Crippen LogP contribution in [0.1, 0.15) is 32.8 Å². The lowest BCUT2D eigenvalue weighted by atomic mass is 9.88. The number of nitrogens with zero attached hydrogens (tertiary/aromatic N) is 1. The molecule has 2 aromatic rings. The predicted octanol–water partition coefficient (Wildman–Crippen LogP) is 3.34. The van der Waals surface area contributed by atoms with Crippen molar-refractivity contribution in [2.75, 3.05) is 11.1 Å². The highest BCUT2D eigenvalue weighted by Crippen LogP contribution is 2.27. The number of rotatable bonds is 4. The van der Waals surface area contributed by atoms with Gasteiger partial charge in [-0.25, -0.2) is 4.98 Å². The van der Waals surface area contributed by atoms with Crippen LogP contribution in [0.2, 0.25) is 0 Å². The minimum absolute atomic E-state index is 0.0117. The number of hydrogen-bond acceptors (Lipinski definition) is 4. The van der Waals surface area contributed by atoms with Crippen molar-refractivity contribution >= 4 is 17.4 Å². The maximum atomic E-state index is 12.2. The number of nitrogens with two attached hydrogens (primary N) is 2. The van der Waals surface area contributed by atoms with Crippen molar-refractivity contribution in [1.29, 1.82) is 0 Å². The number of aromatic nitrogens is 1. The molecule has 1 atom stereocenters. The summed E-state index contributed by atoms with van der Waals surface area (Å²) in [5.41, 5.74) is 15.6. The van der Waals surface area contributed by atoms with Crippen LogP contribution >= 0.6 is 0 Å². The number of nitrogens with one attached hydrogen (secondary N) is 1. The lowest BCUT2D eigenvalue weighted by Crippen LogP contribution is -2.38. The highest BCUT2D eigenvalue weighted by molar-refractivity contribution is 5.95. The van der Waals surface area contributed by atoms with Gasteiger partial charge in [-0.15, -0.1) is 0 Å². The van der Waals surface area contributed by atoms with E-state index in [9.17, 15) is 4.79 Å². The summed E-state index contributed by atoms with van der Waals surface area (Å²) >= 11 is 0. The van der Waals surface area contributed by atoms with Gasteiger partial charge >= 0.3 is 0 Å². The summed E-state index contributed by atoms with van der Waals surface area (Å²) in [7, 11) is 0. The molecule has 0 fully saturated rings. The summed E-state index contributed by atoms with van der Waals surface area (Å²) in [6, 6.07) is 9.00. The van der Waals surface area contributed by atoms with Gasteiger partial charge in [-0.05, 0) is 59.7 Å². The van der Waals surface area contributed by atoms with E-state index in [-0.39, 0.29) is 11.3 Å². The van der Waals surface area contributed by atoms with Crippen molar-refractivity contribution < 1.29 is 4.79 Å². The van der Waals surface area contributed by atoms with Crippen LogP contribution in [0, 0.1) is 12.3 Å². The molecule has 0 spiro atoms. The maximum Gasteiger partial charge on any atom is 0.241 e. The number of anilines is 2. The number of carbonyl (C=O) groups is 1. The molecule has 2 rings (SSSR count). The molecule has 0 aliphatic rings. The van der Waals surface area contributed by atoms with Gasteiger partial charge in [0, 0.05) is 11.9 Å². The molecule has 0 aliphatic carbocycles. The van der Waals surface area contributed by atoms with Gasteiger partial charge in [0.25, 0.3) is 0 Å². The molecule has 0 unspecified atom stereocenters. The van der Waals surface area contributed by atoms with Crippen LogP contribution in [-0.2, 0) is 4.79 Å². The number of pyridine rings is 1. The fourth-order valence-corrected chi connectivity index (χ4v) is 2.67. The fourth-order valence-electron chi connectivity index (χ4n) is 2.67. The molecule has 0 saturated carbocycles. The molecule has 1 aromatic carbocycles. The molecule has 5 nitrogen and oxygen atoms in total. The lowest BCUT2D eigenvalue weighted by Gasteiger charge is -2.22. The Labute approximate surface area is 143 Å². The Morgan fingerprint density at radius 2 is 1.96 bits per heavy atom. The van der Waals surface area contributed by atoms with Gasteiger partial charge in [0.15, 0.2) is 0 Å².